The summed E-state index contributed by atoms with van der Waals surface area (Å²) in [7, 11) is 0. The summed E-state index contributed by atoms with van der Waals surface area (Å²) in [5, 5.41) is 0. The van der Waals surface area contributed by atoms with E-state index in [2.05, 4.69) is 29.8 Å². The highest BCUT2D eigenvalue weighted by atomic mass is 16.5. The van der Waals surface area contributed by atoms with Crippen molar-refractivity contribution in [3.63, 3.8) is 0 Å². The van der Waals surface area contributed by atoms with Crippen LogP contribution < -0.4 is 4.74 Å². The molecule has 0 amide bonds. The molecule has 2 aromatic carbocycles. The number of rotatable bonds is 14. The Morgan fingerprint density at radius 3 is 2.32 bits per heavy atom. The largest absolute Gasteiger partial charge is 0.493 e. The topological polar surface area (TPSA) is 38.5 Å². The van der Waals surface area contributed by atoms with Crippen LogP contribution in [0.3, 0.4) is 0 Å². The number of nitrogens with zero attached hydrogens (tertiary/aromatic N) is 2. The minimum atomic E-state index is 0.607. The van der Waals surface area contributed by atoms with Gasteiger partial charge in [0.25, 0.3) is 0 Å². The summed E-state index contributed by atoms with van der Waals surface area (Å²) in [6.07, 6.45) is 11.3. The van der Waals surface area contributed by atoms with E-state index in [0.29, 0.717) is 5.89 Å². The van der Waals surface area contributed by atoms with Crippen molar-refractivity contribution in [2.24, 2.45) is 0 Å². The molecule has 0 bridgehead atoms. The van der Waals surface area contributed by atoms with Crippen LogP contribution in [0.2, 0.25) is 0 Å². The Morgan fingerprint density at radius 2 is 1.55 bits per heavy atom. The molecule has 0 saturated heterocycles. The van der Waals surface area contributed by atoms with Crippen molar-refractivity contribution in [2.45, 2.75) is 52.4 Å². The molecule has 3 rings (SSSR count). The van der Waals surface area contributed by atoms with E-state index in [-0.39, 0.29) is 0 Å². The quantitative estimate of drug-likeness (QED) is 0.262. The van der Waals surface area contributed by atoms with Crippen molar-refractivity contribution in [3.05, 3.63) is 60.0 Å². The Morgan fingerprint density at radius 1 is 0.839 bits per heavy atom. The van der Waals surface area contributed by atoms with E-state index in [1.807, 2.05) is 54.6 Å². The number of unbranched alkanes of at least 4 members (excludes halogenated alkanes) is 3. The third-order valence-corrected chi connectivity index (χ3v) is 5.42. The van der Waals surface area contributed by atoms with Crippen molar-refractivity contribution in [2.75, 3.05) is 26.2 Å². The summed E-state index contributed by atoms with van der Waals surface area (Å²) in [4.78, 5) is 7.12. The molecule has 0 unspecified atom stereocenters. The molecule has 0 aliphatic carbocycles. The first-order valence-electron chi connectivity index (χ1n) is 11.8. The first-order valence-corrected chi connectivity index (χ1v) is 11.8. The maximum Gasteiger partial charge on any atom is 0.220 e. The molecule has 1 aromatic heterocycles. The summed E-state index contributed by atoms with van der Waals surface area (Å²) in [5.74, 6) is 1.51. The molecule has 0 fully saturated rings. The summed E-state index contributed by atoms with van der Waals surface area (Å²) in [6, 6.07) is 15.9. The van der Waals surface area contributed by atoms with Crippen LogP contribution in [-0.2, 0) is 0 Å². The van der Waals surface area contributed by atoms with Crippen LogP contribution in [-0.4, -0.2) is 36.1 Å². The van der Waals surface area contributed by atoms with Gasteiger partial charge in [0.1, 0.15) is 11.3 Å². The molecule has 0 aliphatic rings. The molecule has 4 nitrogen and oxygen atoms in total. The standard InChI is InChI=1S/C27H36N2O2/c1-3-5-19-29(20-6-4-2)21-11-12-22-30-25-15-9-7-13-23(25)17-18-27-28-24-14-8-10-16-26(24)31-27/h7-10,13-18H,3-6,11-12,19-22H2,1-2H3. The number of fused-ring (bicyclic) bond motifs is 1. The fraction of sp³-hybridized carbons (Fsp3) is 0.444. The van der Waals surface area contributed by atoms with Crippen molar-refractivity contribution in [1.82, 2.24) is 9.88 Å². The third kappa shape index (κ3) is 7.55. The van der Waals surface area contributed by atoms with Gasteiger partial charge in [-0.1, -0.05) is 57.0 Å². The highest BCUT2D eigenvalue weighted by Gasteiger charge is 2.05. The first-order chi connectivity index (χ1) is 15.3. The van der Waals surface area contributed by atoms with Gasteiger partial charge in [0.05, 0.1) is 6.61 Å². The smallest absolute Gasteiger partial charge is 0.220 e. The minimum absolute atomic E-state index is 0.607. The van der Waals surface area contributed by atoms with Crippen molar-refractivity contribution >= 4 is 23.3 Å². The molecule has 0 saturated carbocycles. The second kappa shape index (κ2) is 13.0. The van der Waals surface area contributed by atoms with E-state index >= 15 is 0 Å². The van der Waals surface area contributed by atoms with Crippen molar-refractivity contribution in [1.29, 1.82) is 0 Å². The highest BCUT2D eigenvalue weighted by molar-refractivity contribution is 5.76. The molecular formula is C27H36N2O2. The number of oxazole rings is 1. The van der Waals surface area contributed by atoms with Crippen LogP contribution in [0, 0.1) is 0 Å². The van der Waals surface area contributed by atoms with Gasteiger partial charge in [-0.05, 0) is 69.6 Å². The lowest BCUT2D eigenvalue weighted by Gasteiger charge is -2.21. The molecule has 4 heteroatoms. The predicted molar refractivity (Wildman–Crippen MR) is 130 cm³/mol. The lowest BCUT2D eigenvalue weighted by atomic mass is 10.2. The number of aromatic nitrogens is 1. The first kappa shape index (κ1) is 23.1. The van der Waals surface area contributed by atoms with Crippen molar-refractivity contribution in [3.8, 4) is 5.75 Å². The summed E-state index contributed by atoms with van der Waals surface area (Å²) < 4.78 is 11.9. The van der Waals surface area contributed by atoms with Gasteiger partial charge in [0, 0.05) is 11.6 Å². The van der Waals surface area contributed by atoms with Gasteiger partial charge in [0.2, 0.25) is 5.89 Å². The van der Waals surface area contributed by atoms with Crippen LogP contribution in [0.4, 0.5) is 0 Å². The Kier molecular flexibility index (Phi) is 9.65. The van der Waals surface area contributed by atoms with Gasteiger partial charge in [-0.2, -0.15) is 0 Å². The normalized spacial score (nSPS) is 11.7. The zero-order valence-electron chi connectivity index (χ0n) is 19.1. The number of benzene rings is 2. The lowest BCUT2D eigenvalue weighted by molar-refractivity contribution is 0.243. The van der Waals surface area contributed by atoms with Crippen LogP contribution in [0.1, 0.15) is 63.8 Å². The fourth-order valence-corrected chi connectivity index (χ4v) is 3.59. The second-order valence-electron chi connectivity index (χ2n) is 8.00. The summed E-state index contributed by atoms with van der Waals surface area (Å²) in [5.41, 5.74) is 2.72. The van der Waals surface area contributed by atoms with E-state index in [4.69, 9.17) is 9.15 Å². The van der Waals surface area contributed by atoms with E-state index in [9.17, 15) is 0 Å². The number of para-hydroxylation sites is 3. The molecule has 3 aromatic rings. The van der Waals surface area contributed by atoms with Crippen molar-refractivity contribution < 1.29 is 9.15 Å². The molecule has 0 atom stereocenters. The molecule has 0 radical (unpaired) electrons. The molecule has 1 heterocycles. The Hall–Kier alpha value is -2.59. The third-order valence-electron chi connectivity index (χ3n) is 5.42. The Bertz CT molecular complexity index is 891. The van der Waals surface area contributed by atoms with E-state index in [1.54, 1.807) is 0 Å². The molecule has 0 spiro atoms. The monoisotopic (exact) mass is 420 g/mol. The number of hydrogen-bond donors (Lipinski definition) is 0. The van der Waals surface area contributed by atoms with Gasteiger partial charge in [0.15, 0.2) is 5.58 Å². The van der Waals surface area contributed by atoms with Crippen LogP contribution in [0.5, 0.6) is 5.75 Å². The predicted octanol–water partition coefficient (Wildman–Crippen LogP) is 7.06. The number of ether oxygens (including phenoxy) is 1. The molecule has 31 heavy (non-hydrogen) atoms. The van der Waals surface area contributed by atoms with E-state index < -0.39 is 0 Å². The SMILES string of the molecule is CCCCN(CCCC)CCCCOc1ccccc1C=Cc1nc2ccccc2o1. The average Bonchev–Trinajstić information content (AvgIpc) is 3.22. The average molecular weight is 421 g/mol. The van der Waals surface area contributed by atoms with Gasteiger partial charge in [-0.15, -0.1) is 0 Å². The summed E-state index contributed by atoms with van der Waals surface area (Å²) >= 11 is 0. The zero-order valence-corrected chi connectivity index (χ0v) is 19.1. The van der Waals surface area contributed by atoms with E-state index in [1.165, 1.54) is 51.7 Å². The lowest BCUT2D eigenvalue weighted by Crippen LogP contribution is -2.27. The molecular weight excluding hydrogens is 384 g/mol. The Balaban J connectivity index is 1.49. The fourth-order valence-electron chi connectivity index (χ4n) is 3.59. The summed E-state index contributed by atoms with van der Waals surface area (Å²) in [6.45, 7) is 8.89. The Labute approximate surface area is 186 Å². The maximum atomic E-state index is 6.11. The maximum absolute atomic E-state index is 6.11. The van der Waals surface area contributed by atoms with Gasteiger partial charge < -0.3 is 14.1 Å². The molecule has 0 N–H and O–H groups in total. The van der Waals surface area contributed by atoms with E-state index in [0.717, 1.165) is 35.4 Å². The molecule has 0 aliphatic heterocycles. The minimum Gasteiger partial charge on any atom is -0.493 e. The van der Waals surface area contributed by atoms with Gasteiger partial charge in [-0.3, -0.25) is 0 Å². The van der Waals surface area contributed by atoms with Gasteiger partial charge in [-0.25, -0.2) is 4.98 Å². The molecule has 166 valence electrons. The van der Waals surface area contributed by atoms with Crippen LogP contribution >= 0.6 is 0 Å². The highest BCUT2D eigenvalue weighted by Crippen LogP contribution is 2.22. The zero-order chi connectivity index (χ0) is 21.7. The van der Waals surface area contributed by atoms with Crippen LogP contribution in [0.25, 0.3) is 23.3 Å². The number of hydrogen-bond acceptors (Lipinski definition) is 4. The second-order valence-corrected chi connectivity index (χ2v) is 8.00. The van der Waals surface area contributed by atoms with Crippen LogP contribution in [0.15, 0.2) is 52.9 Å². The van der Waals surface area contributed by atoms with Gasteiger partial charge >= 0.3 is 0 Å².